The molecule has 1 saturated heterocycles. The summed E-state index contributed by atoms with van der Waals surface area (Å²) in [6.07, 6.45) is 3.82. The summed E-state index contributed by atoms with van der Waals surface area (Å²) in [7, 11) is 0. The van der Waals surface area contributed by atoms with Crippen molar-refractivity contribution in [1.82, 2.24) is 19.5 Å². The Labute approximate surface area is 201 Å². The van der Waals surface area contributed by atoms with Gasteiger partial charge in [-0.3, -0.25) is 9.55 Å². The quantitative estimate of drug-likeness (QED) is 0.311. The van der Waals surface area contributed by atoms with Gasteiger partial charge in [-0.1, -0.05) is 25.1 Å². The van der Waals surface area contributed by atoms with Gasteiger partial charge in [0.15, 0.2) is 0 Å². The predicted octanol–water partition coefficient (Wildman–Crippen LogP) is 5.84. The van der Waals surface area contributed by atoms with Crippen LogP contribution in [0.15, 0.2) is 48.8 Å². The lowest BCUT2D eigenvalue weighted by Crippen LogP contribution is -2.26. The van der Waals surface area contributed by atoms with E-state index < -0.39 is 18.3 Å². The molecular weight excluding hydrogens is 455 g/mol. The van der Waals surface area contributed by atoms with E-state index in [2.05, 4.69) is 9.97 Å². The minimum absolute atomic E-state index is 0.140. The number of hydrogen-bond acceptors (Lipinski definition) is 5. The Kier molecular flexibility index (Phi) is 6.19. The highest BCUT2D eigenvalue weighted by atomic mass is 19.3. The van der Waals surface area contributed by atoms with Crippen LogP contribution in [0.25, 0.3) is 33.5 Å². The molecule has 35 heavy (non-hydrogen) atoms. The molecule has 9 heteroatoms. The Morgan fingerprint density at radius 1 is 1.11 bits per heavy atom. The molecule has 3 aromatic heterocycles. The number of rotatable bonds is 7. The van der Waals surface area contributed by atoms with E-state index in [0.717, 1.165) is 17.6 Å². The molecule has 1 aromatic carbocycles. The molecule has 0 amide bonds. The fourth-order valence-electron chi connectivity index (χ4n) is 4.48. The van der Waals surface area contributed by atoms with Crippen LogP contribution in [0.3, 0.4) is 0 Å². The number of ether oxygens (including phenoxy) is 1. The lowest BCUT2D eigenvalue weighted by Gasteiger charge is -2.23. The van der Waals surface area contributed by atoms with Crippen molar-refractivity contribution in [3.8, 4) is 22.5 Å². The van der Waals surface area contributed by atoms with Gasteiger partial charge in [-0.05, 0) is 31.5 Å². The Hall–Kier alpha value is -3.46. The SMILES string of the molecule is CCCOCn1c(-c2c(-c3ccccc3F)ccnc2N2CCC(F)(F)C2)nc2cc(C)ncc21. The summed E-state index contributed by atoms with van der Waals surface area (Å²) in [5.74, 6) is -2.42. The molecule has 1 aliphatic rings. The van der Waals surface area contributed by atoms with E-state index in [0.29, 0.717) is 40.5 Å². The first kappa shape index (κ1) is 23.3. The molecule has 1 fully saturated rings. The lowest BCUT2D eigenvalue weighted by molar-refractivity contribution is 0.0256. The molecule has 0 spiro atoms. The molecule has 5 rings (SSSR count). The van der Waals surface area contributed by atoms with Crippen molar-refractivity contribution in [2.45, 2.75) is 39.3 Å². The van der Waals surface area contributed by atoms with Crippen molar-refractivity contribution in [3.05, 3.63) is 60.3 Å². The van der Waals surface area contributed by atoms with Crippen molar-refractivity contribution in [1.29, 1.82) is 0 Å². The fraction of sp³-hybridized carbons (Fsp3) is 0.346. The number of fused-ring (bicyclic) bond motifs is 1. The van der Waals surface area contributed by atoms with Gasteiger partial charge < -0.3 is 9.64 Å². The van der Waals surface area contributed by atoms with E-state index in [-0.39, 0.29) is 19.7 Å². The summed E-state index contributed by atoms with van der Waals surface area (Å²) in [6.45, 7) is 4.30. The number of nitrogens with zero attached hydrogens (tertiary/aromatic N) is 5. The normalized spacial score (nSPS) is 15.3. The van der Waals surface area contributed by atoms with Gasteiger partial charge >= 0.3 is 0 Å². The summed E-state index contributed by atoms with van der Waals surface area (Å²) < 4.78 is 51.2. The number of hydrogen-bond donors (Lipinski definition) is 0. The lowest BCUT2D eigenvalue weighted by atomic mass is 9.99. The van der Waals surface area contributed by atoms with Crippen LogP contribution in [0.5, 0.6) is 0 Å². The van der Waals surface area contributed by atoms with Gasteiger partial charge in [0.25, 0.3) is 5.92 Å². The second kappa shape index (κ2) is 9.30. The maximum absolute atomic E-state index is 15.0. The minimum atomic E-state index is -2.82. The van der Waals surface area contributed by atoms with E-state index in [4.69, 9.17) is 9.72 Å². The Morgan fingerprint density at radius 3 is 2.69 bits per heavy atom. The molecule has 6 nitrogen and oxygen atoms in total. The molecule has 0 aliphatic carbocycles. The smallest absolute Gasteiger partial charge is 0.266 e. The largest absolute Gasteiger partial charge is 0.361 e. The molecule has 0 saturated carbocycles. The maximum atomic E-state index is 15.0. The molecule has 4 aromatic rings. The van der Waals surface area contributed by atoms with Gasteiger partial charge in [0, 0.05) is 42.6 Å². The number of halogens is 3. The number of aromatic nitrogens is 4. The van der Waals surface area contributed by atoms with E-state index in [1.807, 2.05) is 24.5 Å². The zero-order valence-electron chi connectivity index (χ0n) is 19.6. The number of aryl methyl sites for hydroxylation is 1. The van der Waals surface area contributed by atoms with Crippen molar-refractivity contribution >= 4 is 16.9 Å². The molecular formula is C26H26F3N5O. The number of imidazole rings is 1. The van der Waals surface area contributed by atoms with Gasteiger partial charge in [-0.25, -0.2) is 23.1 Å². The van der Waals surface area contributed by atoms with Crippen molar-refractivity contribution in [2.24, 2.45) is 0 Å². The third kappa shape index (κ3) is 4.48. The zero-order valence-corrected chi connectivity index (χ0v) is 19.6. The molecule has 0 N–H and O–H groups in total. The Morgan fingerprint density at radius 2 is 1.94 bits per heavy atom. The topological polar surface area (TPSA) is 56.1 Å². The van der Waals surface area contributed by atoms with Gasteiger partial charge in [0.2, 0.25) is 0 Å². The van der Waals surface area contributed by atoms with E-state index in [1.165, 1.54) is 12.3 Å². The zero-order chi connectivity index (χ0) is 24.6. The highest BCUT2D eigenvalue weighted by Gasteiger charge is 2.40. The summed E-state index contributed by atoms with van der Waals surface area (Å²) >= 11 is 0. The standard InChI is InChI=1S/C26H26F3N5O/c1-3-12-35-16-34-22-14-31-17(2)13-21(22)32-25(34)23-19(18-6-4-5-7-20(18)27)8-10-30-24(23)33-11-9-26(28,29)15-33/h4-8,10,13-14H,3,9,11-12,15-16H2,1-2H3. The van der Waals surface area contributed by atoms with Crippen molar-refractivity contribution < 1.29 is 17.9 Å². The monoisotopic (exact) mass is 481 g/mol. The van der Waals surface area contributed by atoms with Crippen LogP contribution in [-0.4, -0.2) is 45.1 Å². The number of alkyl halides is 2. The summed E-state index contributed by atoms with van der Waals surface area (Å²) in [6, 6.07) is 9.97. The molecule has 4 heterocycles. The highest BCUT2D eigenvalue weighted by molar-refractivity contribution is 5.92. The van der Waals surface area contributed by atoms with Gasteiger partial charge in [-0.2, -0.15) is 0 Å². The third-order valence-electron chi connectivity index (χ3n) is 6.13. The van der Waals surface area contributed by atoms with E-state index in [9.17, 15) is 13.2 Å². The third-order valence-corrected chi connectivity index (χ3v) is 6.13. The maximum Gasteiger partial charge on any atom is 0.266 e. The molecule has 0 radical (unpaired) electrons. The van der Waals surface area contributed by atoms with Gasteiger partial charge in [0.1, 0.15) is 24.2 Å². The van der Waals surface area contributed by atoms with Crippen LogP contribution in [-0.2, 0) is 11.5 Å². The molecule has 0 unspecified atom stereocenters. The highest BCUT2D eigenvalue weighted by Crippen LogP contribution is 2.42. The van der Waals surface area contributed by atoms with Crippen LogP contribution in [0.4, 0.5) is 19.0 Å². The number of benzene rings is 1. The van der Waals surface area contributed by atoms with E-state index in [1.54, 1.807) is 35.4 Å². The second-order valence-corrected chi connectivity index (χ2v) is 8.78. The van der Waals surface area contributed by atoms with Crippen LogP contribution in [0.1, 0.15) is 25.5 Å². The molecule has 0 bridgehead atoms. The average molecular weight is 482 g/mol. The molecule has 0 atom stereocenters. The predicted molar refractivity (Wildman–Crippen MR) is 129 cm³/mol. The van der Waals surface area contributed by atoms with Crippen LogP contribution in [0.2, 0.25) is 0 Å². The number of anilines is 1. The second-order valence-electron chi connectivity index (χ2n) is 8.78. The van der Waals surface area contributed by atoms with Crippen LogP contribution < -0.4 is 4.90 Å². The minimum Gasteiger partial charge on any atom is -0.361 e. The first-order valence-electron chi connectivity index (χ1n) is 11.7. The van der Waals surface area contributed by atoms with Gasteiger partial charge in [-0.15, -0.1) is 0 Å². The van der Waals surface area contributed by atoms with Crippen molar-refractivity contribution in [2.75, 3.05) is 24.6 Å². The van der Waals surface area contributed by atoms with Crippen molar-refractivity contribution in [3.63, 3.8) is 0 Å². The summed E-state index contributed by atoms with van der Waals surface area (Å²) in [5.41, 5.74) is 3.59. The average Bonchev–Trinajstić information content (AvgIpc) is 3.38. The van der Waals surface area contributed by atoms with Crippen LogP contribution >= 0.6 is 0 Å². The first-order chi connectivity index (χ1) is 16.9. The number of pyridine rings is 2. The fourth-order valence-corrected chi connectivity index (χ4v) is 4.48. The first-order valence-corrected chi connectivity index (χ1v) is 11.7. The Balaban J connectivity index is 1.78. The van der Waals surface area contributed by atoms with E-state index >= 15 is 0 Å². The Bertz CT molecular complexity index is 1370. The summed E-state index contributed by atoms with van der Waals surface area (Å²) in [5, 5.41) is 0. The summed E-state index contributed by atoms with van der Waals surface area (Å²) in [4.78, 5) is 15.3. The molecule has 1 aliphatic heterocycles. The van der Waals surface area contributed by atoms with Crippen LogP contribution in [0, 0.1) is 12.7 Å². The van der Waals surface area contributed by atoms with Gasteiger partial charge in [0.05, 0.1) is 29.3 Å². The molecule has 182 valence electrons.